The number of amides is 7. The van der Waals surface area contributed by atoms with E-state index in [1.165, 1.54) is 42.9 Å². The summed E-state index contributed by atoms with van der Waals surface area (Å²) in [5.74, 6) is -8.65. The van der Waals surface area contributed by atoms with Crippen LogP contribution in [0.2, 0.25) is 0 Å². The first-order valence-corrected chi connectivity index (χ1v) is 31.7. The molecule has 0 spiro atoms. The second kappa shape index (κ2) is 36.9. The van der Waals surface area contributed by atoms with Crippen LogP contribution in [-0.4, -0.2) is 216 Å². The Kier molecular flexibility index (Phi) is 30.3. The van der Waals surface area contributed by atoms with Crippen LogP contribution in [0, 0.1) is 17.8 Å². The number of thioether (sulfide) groups is 1. The lowest BCUT2D eigenvalue weighted by atomic mass is 9.89. The van der Waals surface area contributed by atoms with Gasteiger partial charge in [0.15, 0.2) is 17.3 Å². The molecule has 87 heavy (non-hydrogen) atoms. The zero-order chi connectivity index (χ0) is 63.6. The number of aromatic nitrogens is 5. The molecule has 7 amide bonds. The maximum atomic E-state index is 14.6. The number of aliphatic hydroxyl groups is 3. The molecule has 28 nitrogen and oxygen atoms in total. The number of nitrogens with two attached hydrogens (primary N) is 1. The molecule has 6 rings (SSSR count). The van der Waals surface area contributed by atoms with Crippen molar-refractivity contribution in [2.45, 2.75) is 204 Å². The van der Waals surface area contributed by atoms with Gasteiger partial charge in [0.25, 0.3) is 0 Å². The minimum Gasteiger partial charge on any atom is -0.393 e. The third kappa shape index (κ3) is 23.0. The number of carbonyl (C=O) groups excluding carboxylic acids is 10. The van der Waals surface area contributed by atoms with Gasteiger partial charge in [-0.3, -0.25) is 47.8 Å². The summed E-state index contributed by atoms with van der Waals surface area (Å²) in [6.07, 6.45) is 3.78. The van der Waals surface area contributed by atoms with Crippen LogP contribution in [0.1, 0.15) is 136 Å². The molecular formula is C58H92N12O16S. The highest BCUT2D eigenvalue weighted by atomic mass is 32.2. The average molecular weight is 1250 g/mol. The maximum Gasteiger partial charge on any atom is 0.315 e. The summed E-state index contributed by atoms with van der Waals surface area (Å²) in [5.41, 5.74) is 6.42. The number of primary amides is 1. The van der Waals surface area contributed by atoms with Crippen molar-refractivity contribution >= 4 is 70.5 Å². The molecule has 0 saturated carbocycles. The summed E-state index contributed by atoms with van der Waals surface area (Å²) in [7, 11) is 0. The first-order chi connectivity index (χ1) is 41.7. The summed E-state index contributed by atoms with van der Waals surface area (Å²) in [4.78, 5) is 143. The molecule has 0 radical (unpaired) electrons. The lowest BCUT2D eigenvalue weighted by Crippen LogP contribution is -2.58. The Morgan fingerprint density at radius 1 is 0.724 bits per heavy atom. The Bertz CT molecular complexity index is 2570. The van der Waals surface area contributed by atoms with Crippen LogP contribution < -0.4 is 32.3 Å². The second-order valence-electron chi connectivity index (χ2n) is 22.7. The molecule has 2 bridgehead atoms. The Labute approximate surface area is 511 Å². The highest BCUT2D eigenvalue weighted by Gasteiger charge is 2.44. The highest BCUT2D eigenvalue weighted by molar-refractivity contribution is 8.00. The topological polar surface area (TPSA) is 408 Å². The molecule has 2 aromatic rings. The van der Waals surface area contributed by atoms with Crippen LogP contribution >= 0.6 is 11.8 Å². The van der Waals surface area contributed by atoms with Crippen molar-refractivity contribution < 1.29 is 77.5 Å². The Balaban J connectivity index is 0.00000683. The largest absolute Gasteiger partial charge is 0.393 e. The molecule has 29 heteroatoms. The molecule has 0 aliphatic carbocycles. The van der Waals surface area contributed by atoms with Crippen LogP contribution in [0.25, 0.3) is 0 Å². The molecule has 3 saturated heterocycles. The number of unbranched alkanes of at least 4 members (excludes halogenated alkanes) is 1. The van der Waals surface area contributed by atoms with Crippen molar-refractivity contribution in [3.8, 4) is 0 Å². The van der Waals surface area contributed by atoms with E-state index >= 15 is 0 Å². The second-order valence-corrected chi connectivity index (χ2v) is 23.9. The number of aryl methyl sites for hydroxylation is 1. The lowest BCUT2D eigenvalue weighted by Gasteiger charge is -2.31. The van der Waals surface area contributed by atoms with E-state index in [9.17, 15) is 63.3 Å². The van der Waals surface area contributed by atoms with Crippen molar-refractivity contribution in [1.82, 2.24) is 56.4 Å². The molecule has 4 aliphatic rings. The third-order valence-electron chi connectivity index (χ3n) is 15.8. The number of aliphatic hydroxyl groups excluding tert-OH is 3. The molecule has 3 fully saturated rings. The van der Waals surface area contributed by atoms with Gasteiger partial charge in [0, 0.05) is 93.7 Å². The van der Waals surface area contributed by atoms with Gasteiger partial charge < -0.3 is 71.7 Å². The van der Waals surface area contributed by atoms with E-state index in [0.29, 0.717) is 61.8 Å². The van der Waals surface area contributed by atoms with Gasteiger partial charge in [-0.1, -0.05) is 25.5 Å². The lowest BCUT2D eigenvalue weighted by molar-refractivity contribution is -0.144. The smallest absolute Gasteiger partial charge is 0.315 e. The first-order valence-electron chi connectivity index (χ1n) is 30.6. The van der Waals surface area contributed by atoms with Gasteiger partial charge in [-0.2, -0.15) is 11.8 Å². The summed E-state index contributed by atoms with van der Waals surface area (Å²) in [5, 5.41) is 54.7. The summed E-state index contributed by atoms with van der Waals surface area (Å²) < 4.78 is 18.3. The number of carbonyl (C=O) groups is 10. The van der Waals surface area contributed by atoms with Crippen molar-refractivity contribution in [3.63, 3.8) is 0 Å². The monoisotopic (exact) mass is 1240 g/mol. The number of H-pyrrole nitrogens is 1. The van der Waals surface area contributed by atoms with Crippen LogP contribution in [0.15, 0.2) is 18.7 Å². The molecule has 6 heterocycles. The van der Waals surface area contributed by atoms with Gasteiger partial charge >= 0.3 is 6.03 Å². The van der Waals surface area contributed by atoms with E-state index < -0.39 is 127 Å². The minimum absolute atomic E-state index is 0.0369. The predicted molar refractivity (Wildman–Crippen MR) is 316 cm³/mol. The van der Waals surface area contributed by atoms with E-state index in [2.05, 4.69) is 46.9 Å². The number of Topliss-reactive ketones (excluding diaryl/α,β-unsaturated/α-hetero) is 4. The number of imidazole rings is 1. The van der Waals surface area contributed by atoms with Gasteiger partial charge in [-0.25, -0.2) is 9.78 Å². The molecule has 486 valence electrons. The first kappa shape index (κ1) is 71.5. The normalized spacial score (nSPS) is 26.6. The van der Waals surface area contributed by atoms with Crippen molar-refractivity contribution in [1.29, 1.82) is 0 Å². The zero-order valence-corrected chi connectivity index (χ0v) is 51.6. The fourth-order valence-electron chi connectivity index (χ4n) is 11.1. The standard InChI is InChI=1S/C56H86N12O16S.C2H6/c1-32(69)41-26-45(74)44-13-8-16-68(44)55(80)36(23-37-27-58-31-59-37)25-46(75)48(33(2)70)62-52(77)35(22-38-28-67(66-65-38)15-7-6-12-42(51(57)76)60-54(79)49(34(3)71)63-53(41)78)24-40(73)29-84-21-20-83-19-18-82-17-9-11-39(72)10-4-5-14-47-50-43(30-85-47)61-56(81)64-50;1-2/h27-28,31-36,41-44,47-50,69-71H,4-26,29-30H2,1-3H3,(H2,57,76)(H,58,59)(H,60,79)(H,62,77)(H,63,78)(H2,61,64,81);1-2H3/t32?,33?,34?,35-,36-,41+,42+,43-,44+,47-,48+,49+,50-;/m1./s1. The Morgan fingerprint density at radius 2 is 1.43 bits per heavy atom. The predicted octanol–water partition coefficient (Wildman–Crippen LogP) is -0.0793. The van der Waals surface area contributed by atoms with Crippen LogP contribution in [0.4, 0.5) is 4.79 Å². The van der Waals surface area contributed by atoms with E-state index in [-0.39, 0.29) is 95.5 Å². The number of hydrogen-bond donors (Lipinski definition) is 10. The number of aromatic amines is 1. The number of fused-ring (bicyclic) bond motifs is 4. The van der Waals surface area contributed by atoms with Gasteiger partial charge in [0.2, 0.25) is 29.5 Å². The molecule has 13 atom stereocenters. The number of ether oxygens (including phenoxy) is 3. The van der Waals surface area contributed by atoms with E-state index in [1.807, 2.05) is 25.6 Å². The van der Waals surface area contributed by atoms with Crippen molar-refractivity contribution in [2.75, 3.05) is 51.9 Å². The average Bonchev–Trinajstić information content (AvgIpc) is 2.15. The molecular weight excluding hydrogens is 1150 g/mol. The van der Waals surface area contributed by atoms with Crippen LogP contribution in [0.5, 0.6) is 0 Å². The Hall–Kier alpha value is -6.24. The molecule has 4 aliphatic heterocycles. The Morgan fingerprint density at radius 3 is 2.11 bits per heavy atom. The number of rotatable bonds is 25. The summed E-state index contributed by atoms with van der Waals surface area (Å²) in [6.45, 7) is 8.85. The van der Waals surface area contributed by atoms with Crippen LogP contribution in [0.3, 0.4) is 0 Å². The molecule has 2 aromatic heterocycles. The van der Waals surface area contributed by atoms with Crippen LogP contribution in [-0.2, 0) is 76.7 Å². The van der Waals surface area contributed by atoms with Gasteiger partial charge in [-0.15, -0.1) is 5.10 Å². The van der Waals surface area contributed by atoms with Crippen molar-refractivity contribution in [2.24, 2.45) is 23.5 Å². The SMILES string of the molecule is CC.CC(O)[C@@H]1CC(=O)[C@@H]2CCCN2C(=O)[C@H](Cc2cnc[nH]2)CC(=O)[C@H](C(C)O)NC(=O)[C@@H](CC(=O)COCCOCCOCCCC(=O)CCCC[C@H]2SC[C@H]3NC(=O)N[C@H]32)Cc2cn(nn2)CCCC[C@@H](C(N)=O)NC(=O)[C@H](C(C)O)NC1=O. The third-order valence-corrected chi connectivity index (χ3v) is 17.3. The molecule has 3 unspecified atom stereocenters. The maximum absolute atomic E-state index is 14.6. The number of urea groups is 1. The van der Waals surface area contributed by atoms with E-state index in [0.717, 1.165) is 25.0 Å². The summed E-state index contributed by atoms with van der Waals surface area (Å²) >= 11 is 1.86. The molecule has 0 aromatic carbocycles. The number of nitrogens with zero attached hydrogens (tertiary/aromatic N) is 5. The quantitative estimate of drug-likeness (QED) is 0.0459. The van der Waals surface area contributed by atoms with Gasteiger partial charge in [-0.05, 0) is 72.1 Å². The van der Waals surface area contributed by atoms with E-state index in [1.54, 1.807) is 6.20 Å². The van der Waals surface area contributed by atoms with E-state index in [4.69, 9.17) is 19.9 Å². The zero-order valence-electron chi connectivity index (χ0n) is 50.8. The number of hydrogen-bond acceptors (Lipinski definition) is 20. The van der Waals surface area contributed by atoms with Crippen molar-refractivity contribution in [3.05, 3.63) is 30.1 Å². The minimum atomic E-state index is -1.63. The molecule has 11 N–H and O–H groups in total. The number of nitrogens with one attached hydrogen (secondary N) is 6. The van der Waals surface area contributed by atoms with Gasteiger partial charge in [0.05, 0.1) is 92.6 Å². The summed E-state index contributed by atoms with van der Waals surface area (Å²) in [6, 6.07) is -5.28. The fourth-order valence-corrected chi connectivity index (χ4v) is 12.7. The highest BCUT2D eigenvalue weighted by Crippen LogP contribution is 2.33. The number of ketones is 4. The fraction of sp³-hybridized carbons (Fsp3) is 0.741. The van der Waals surface area contributed by atoms with Gasteiger partial charge in [0.1, 0.15) is 30.5 Å².